The number of hydrogen-bond acceptors (Lipinski definition) is 16. The van der Waals surface area contributed by atoms with Crippen molar-refractivity contribution in [3.8, 4) is 0 Å². The third kappa shape index (κ3) is 14.7. The number of carbonyl (C=O) groups excluding carboxylic acids is 4. The number of nitrogens with one attached hydrogen (secondary N) is 1. The molecular formula is C23H40GdN5O12-3. The number of nitrogens with zero attached hydrogens (tertiary/aromatic N) is 4. The summed E-state index contributed by atoms with van der Waals surface area (Å²) in [5.74, 6) is -5.11. The van der Waals surface area contributed by atoms with Gasteiger partial charge < -0.3 is 60.2 Å². The fourth-order valence-corrected chi connectivity index (χ4v) is 4.30. The van der Waals surface area contributed by atoms with E-state index in [-0.39, 0.29) is 125 Å². The third-order valence-electron chi connectivity index (χ3n) is 6.58. The van der Waals surface area contributed by atoms with Crippen LogP contribution in [0, 0.1) is 39.9 Å². The van der Waals surface area contributed by atoms with Gasteiger partial charge in [0.05, 0.1) is 82.2 Å². The van der Waals surface area contributed by atoms with Crippen LogP contribution in [0.2, 0.25) is 0 Å². The average molecular weight is 736 g/mol. The van der Waals surface area contributed by atoms with E-state index in [1.807, 2.05) is 0 Å². The molecule has 1 rings (SSSR count). The zero-order chi connectivity index (χ0) is 30.1. The van der Waals surface area contributed by atoms with E-state index >= 15 is 0 Å². The molecule has 41 heavy (non-hydrogen) atoms. The van der Waals surface area contributed by atoms with Crippen molar-refractivity contribution in [2.45, 2.75) is 18.1 Å². The van der Waals surface area contributed by atoms with E-state index < -0.39 is 61.8 Å². The largest absolute Gasteiger partial charge is 0.548 e. The van der Waals surface area contributed by atoms with E-state index in [4.69, 9.17) is 9.84 Å². The number of carboxylic acids is 3. The van der Waals surface area contributed by atoms with Crippen LogP contribution >= 0.6 is 0 Å². The Hall–Kier alpha value is -1.16. The summed E-state index contributed by atoms with van der Waals surface area (Å²) in [7, 11) is 0. The first kappa shape index (κ1) is 39.8. The molecule has 3 unspecified atom stereocenters. The molecule has 18 heteroatoms. The van der Waals surface area contributed by atoms with Gasteiger partial charge in [-0.3, -0.25) is 24.4 Å². The van der Waals surface area contributed by atoms with E-state index in [1.165, 1.54) is 14.7 Å². The van der Waals surface area contributed by atoms with Crippen LogP contribution in [0.5, 0.6) is 0 Å². The van der Waals surface area contributed by atoms with E-state index in [9.17, 15) is 49.8 Å². The molecule has 1 amide bonds. The summed E-state index contributed by atoms with van der Waals surface area (Å²) in [5.41, 5.74) is 0. The molecule has 0 aromatic heterocycles. The van der Waals surface area contributed by atoms with Crippen LogP contribution in [0.25, 0.3) is 0 Å². The van der Waals surface area contributed by atoms with E-state index in [0.29, 0.717) is 0 Å². The zero-order valence-corrected chi connectivity index (χ0v) is 25.0. The topological polar surface area (TPSA) is 253 Å². The van der Waals surface area contributed by atoms with Crippen molar-refractivity contribution in [1.82, 2.24) is 24.9 Å². The van der Waals surface area contributed by atoms with Crippen LogP contribution in [0.4, 0.5) is 0 Å². The van der Waals surface area contributed by atoms with Crippen LogP contribution in [-0.4, -0.2) is 187 Å². The first-order chi connectivity index (χ1) is 19.1. The van der Waals surface area contributed by atoms with E-state index in [2.05, 4.69) is 5.32 Å². The van der Waals surface area contributed by atoms with Crippen molar-refractivity contribution in [3.63, 3.8) is 0 Å². The Bertz CT molecular complexity index is 760. The van der Waals surface area contributed by atoms with Gasteiger partial charge in [0, 0.05) is 98.8 Å². The molecule has 1 fully saturated rings. The molecule has 1 aliphatic rings. The first-order valence-electron chi connectivity index (χ1n) is 12.9. The number of ether oxygens (including phenoxy) is 1. The molecule has 17 nitrogen and oxygen atoms in total. The Morgan fingerprint density at radius 1 is 0.659 bits per heavy atom. The van der Waals surface area contributed by atoms with Gasteiger partial charge in [-0.2, -0.15) is 0 Å². The van der Waals surface area contributed by atoms with Crippen molar-refractivity contribution < 1.29 is 99.6 Å². The molecule has 0 radical (unpaired) electrons. The van der Waals surface area contributed by atoms with Crippen molar-refractivity contribution >= 4 is 23.8 Å². The monoisotopic (exact) mass is 736 g/mol. The fraction of sp³-hybridized carbons (Fsp3) is 0.826. The van der Waals surface area contributed by atoms with Gasteiger partial charge in [-0.1, -0.05) is 0 Å². The molecule has 1 aliphatic heterocycles. The number of carbonyl (C=O) groups is 4. The van der Waals surface area contributed by atoms with Gasteiger partial charge in [0.2, 0.25) is 5.91 Å². The maximum atomic E-state index is 12.5. The summed E-state index contributed by atoms with van der Waals surface area (Å²) in [5, 5.41) is 75.4. The second-order valence-electron chi connectivity index (χ2n) is 9.12. The van der Waals surface area contributed by atoms with Crippen molar-refractivity contribution in [2.75, 3.05) is 105 Å². The van der Waals surface area contributed by atoms with Crippen molar-refractivity contribution in [2.24, 2.45) is 0 Å². The van der Waals surface area contributed by atoms with E-state index in [0.717, 1.165) is 0 Å². The Labute approximate surface area is 270 Å². The molecule has 240 valence electrons. The first-order valence-corrected chi connectivity index (χ1v) is 12.9. The number of aliphatic carboxylic acids is 3. The van der Waals surface area contributed by atoms with Crippen LogP contribution < -0.4 is 20.6 Å². The molecular weight excluding hydrogens is 696 g/mol. The van der Waals surface area contributed by atoms with E-state index in [1.54, 1.807) is 4.90 Å². The predicted molar refractivity (Wildman–Crippen MR) is 130 cm³/mol. The Morgan fingerprint density at radius 2 is 1.02 bits per heavy atom. The normalized spacial score (nSPS) is 19.1. The summed E-state index contributed by atoms with van der Waals surface area (Å²) < 4.78 is 5.09. The fourth-order valence-electron chi connectivity index (χ4n) is 4.30. The molecule has 0 aromatic carbocycles. The number of hydrogen-bond donors (Lipinski definition) is 5. The number of aliphatic hydroxyl groups is 4. The molecule has 0 bridgehead atoms. The van der Waals surface area contributed by atoms with Crippen LogP contribution in [0.15, 0.2) is 0 Å². The quantitative estimate of drug-likeness (QED) is 0.0923. The average Bonchev–Trinajstić information content (AvgIpc) is 2.89. The van der Waals surface area contributed by atoms with Gasteiger partial charge >= 0.3 is 0 Å². The SMILES string of the molecule is O=C(CN1CCN(C(CO)C(=O)[O-])CCN(C(CO)C(=O)[O-])CCN(C(CO)C(=O)[O-])CC1)NCCOCCO.[Gd]. The maximum Gasteiger partial charge on any atom is 0.234 e. The second kappa shape index (κ2) is 22.4. The number of rotatable bonds is 16. The molecule has 3 atom stereocenters. The minimum absolute atomic E-state index is 0. The Balaban J connectivity index is 0.0000160. The maximum absolute atomic E-state index is 12.5. The summed E-state index contributed by atoms with van der Waals surface area (Å²) in [6, 6.07) is -4.36. The summed E-state index contributed by atoms with van der Waals surface area (Å²) >= 11 is 0. The predicted octanol–water partition coefficient (Wildman–Crippen LogP) is -9.33. The molecule has 1 saturated heterocycles. The molecule has 0 spiro atoms. The Kier molecular flexibility index (Phi) is 21.8. The molecule has 1 heterocycles. The van der Waals surface area contributed by atoms with Crippen LogP contribution in [0.1, 0.15) is 0 Å². The van der Waals surface area contributed by atoms with Crippen LogP contribution in [-0.2, 0) is 23.9 Å². The third-order valence-corrected chi connectivity index (χ3v) is 6.58. The Morgan fingerprint density at radius 3 is 1.34 bits per heavy atom. The minimum atomic E-state index is -1.59. The van der Waals surface area contributed by atoms with Gasteiger partial charge in [0.1, 0.15) is 0 Å². The van der Waals surface area contributed by atoms with Gasteiger partial charge in [0.15, 0.2) is 0 Å². The molecule has 0 saturated carbocycles. The molecule has 0 aliphatic carbocycles. The summed E-state index contributed by atoms with van der Waals surface area (Å²) in [6.07, 6.45) is 0. The number of aliphatic hydroxyl groups excluding tert-OH is 4. The van der Waals surface area contributed by atoms with Gasteiger partial charge in [-0.25, -0.2) is 0 Å². The molecule has 0 aromatic rings. The summed E-state index contributed by atoms with van der Waals surface area (Å²) in [4.78, 5) is 53.2. The second-order valence-corrected chi connectivity index (χ2v) is 9.12. The van der Waals surface area contributed by atoms with Crippen LogP contribution in [0.3, 0.4) is 0 Å². The minimum Gasteiger partial charge on any atom is -0.548 e. The number of amides is 1. The van der Waals surface area contributed by atoms with Crippen molar-refractivity contribution in [3.05, 3.63) is 0 Å². The summed E-state index contributed by atoms with van der Waals surface area (Å²) in [6.45, 7) is -2.52. The van der Waals surface area contributed by atoms with Crippen molar-refractivity contribution in [1.29, 1.82) is 0 Å². The van der Waals surface area contributed by atoms with Gasteiger partial charge in [-0.05, 0) is 0 Å². The molecule has 5 N–H and O–H groups in total. The standard InChI is InChI=1S/C23H43N5O12.Gd/c29-10-12-40-11-1-24-20(33)13-25-2-4-26(17(14-30)21(34)35)6-8-28(19(16-32)23(38)39)9-7-27(5-3-25)18(15-31)22(36)37;/h17-19,29-32H,1-16H2,(H,24,33)(H,34,35)(H,36,37)(H,38,39);/p-3. The smallest absolute Gasteiger partial charge is 0.234 e. The van der Waals surface area contributed by atoms with Gasteiger partial charge in [0.25, 0.3) is 0 Å². The zero-order valence-electron chi connectivity index (χ0n) is 22.7. The van der Waals surface area contributed by atoms with Gasteiger partial charge in [-0.15, -0.1) is 0 Å². The number of carboxylic acid groups (broad SMARTS) is 3.